The maximum absolute atomic E-state index is 12.0. The van der Waals surface area contributed by atoms with E-state index in [9.17, 15) is 4.79 Å². The molecule has 2 aromatic rings. The number of hydrogen-bond donors (Lipinski definition) is 0. The zero-order chi connectivity index (χ0) is 19.3. The molecule has 0 aliphatic carbocycles. The molecule has 1 atom stereocenters. The Balaban J connectivity index is 0.00000205. The minimum atomic E-state index is 0. The quantitative estimate of drug-likeness (QED) is 0.750. The van der Waals surface area contributed by atoms with E-state index in [0.29, 0.717) is 13.2 Å². The monoisotopic (exact) mass is 419 g/mol. The van der Waals surface area contributed by atoms with Gasteiger partial charge in [0.05, 0.1) is 0 Å². The molecule has 2 saturated heterocycles. The lowest BCUT2D eigenvalue weighted by molar-refractivity contribution is -0.128. The van der Waals surface area contributed by atoms with Crippen molar-refractivity contribution < 1.29 is 14.3 Å². The summed E-state index contributed by atoms with van der Waals surface area (Å²) in [7, 11) is 1.98. The third-order valence-electron chi connectivity index (χ3n) is 6.24. The van der Waals surface area contributed by atoms with E-state index in [1.165, 1.54) is 5.56 Å². The molecule has 1 spiro atoms. The van der Waals surface area contributed by atoms with Gasteiger partial charge in [-0.1, -0.05) is 6.07 Å². The minimum Gasteiger partial charge on any atom is -0.486 e. The Bertz CT molecular complexity index is 911. The number of aromatic nitrogens is 3. The second-order valence-electron chi connectivity index (χ2n) is 8.24. The van der Waals surface area contributed by atoms with Crippen molar-refractivity contribution in [1.29, 1.82) is 0 Å². The largest absolute Gasteiger partial charge is 0.486 e. The number of amides is 1. The Morgan fingerprint density at radius 1 is 1.21 bits per heavy atom. The van der Waals surface area contributed by atoms with Crippen LogP contribution in [0.25, 0.3) is 0 Å². The van der Waals surface area contributed by atoms with Crippen LogP contribution in [0.15, 0.2) is 24.5 Å². The Morgan fingerprint density at radius 3 is 2.66 bits per heavy atom. The summed E-state index contributed by atoms with van der Waals surface area (Å²) in [5.74, 6) is 2.99. The number of halogens is 1. The normalized spacial score (nSPS) is 22.3. The van der Waals surface area contributed by atoms with Crippen LogP contribution in [0.4, 0.5) is 0 Å². The van der Waals surface area contributed by atoms with Crippen LogP contribution >= 0.6 is 12.4 Å². The summed E-state index contributed by atoms with van der Waals surface area (Å²) in [6, 6.07) is 6.18. The number of likely N-dealkylation sites (tertiary alicyclic amines) is 2. The minimum absolute atomic E-state index is 0. The van der Waals surface area contributed by atoms with Crippen molar-refractivity contribution in [3.63, 3.8) is 0 Å². The van der Waals surface area contributed by atoms with E-state index in [0.717, 1.165) is 50.0 Å². The average molecular weight is 420 g/mol. The van der Waals surface area contributed by atoms with Crippen molar-refractivity contribution in [2.75, 3.05) is 39.4 Å². The number of rotatable bonds is 3. The highest BCUT2D eigenvalue weighted by molar-refractivity contribution is 5.85. The maximum Gasteiger partial charge on any atom is 0.219 e. The summed E-state index contributed by atoms with van der Waals surface area (Å²) in [5, 5.41) is 8.41. The summed E-state index contributed by atoms with van der Waals surface area (Å²) in [5.41, 5.74) is 1.27. The Kier molecular flexibility index (Phi) is 5.16. The van der Waals surface area contributed by atoms with Crippen molar-refractivity contribution >= 4 is 18.3 Å². The fourth-order valence-corrected chi connectivity index (χ4v) is 4.89. The van der Waals surface area contributed by atoms with Crippen molar-refractivity contribution in [3.05, 3.63) is 35.9 Å². The molecular formula is C20H26ClN5O3. The third kappa shape index (κ3) is 3.44. The highest BCUT2D eigenvalue weighted by Gasteiger charge is 2.56. The van der Waals surface area contributed by atoms with Gasteiger partial charge in [-0.05, 0) is 17.7 Å². The SMILES string of the molecule is CC(=O)N1CC(c2nncn2C)C2(CN(Cc3ccc4c(c3)OCCO4)C2)C1.Cl. The second kappa shape index (κ2) is 7.50. The highest BCUT2D eigenvalue weighted by atomic mass is 35.5. The summed E-state index contributed by atoms with van der Waals surface area (Å²) in [6.45, 7) is 7.13. The zero-order valence-corrected chi connectivity index (χ0v) is 17.5. The second-order valence-corrected chi connectivity index (χ2v) is 8.24. The first-order valence-corrected chi connectivity index (χ1v) is 9.74. The molecule has 2 fully saturated rings. The van der Waals surface area contributed by atoms with Gasteiger partial charge in [0.1, 0.15) is 25.4 Å². The van der Waals surface area contributed by atoms with E-state index >= 15 is 0 Å². The van der Waals surface area contributed by atoms with Crippen LogP contribution in [-0.2, 0) is 18.4 Å². The number of nitrogens with zero attached hydrogens (tertiary/aromatic N) is 5. The van der Waals surface area contributed by atoms with Crippen molar-refractivity contribution in [2.45, 2.75) is 19.4 Å². The lowest BCUT2D eigenvalue weighted by Crippen LogP contribution is -2.59. The highest BCUT2D eigenvalue weighted by Crippen LogP contribution is 2.49. The molecule has 5 rings (SSSR count). The van der Waals surface area contributed by atoms with E-state index in [1.54, 1.807) is 13.3 Å². The number of carbonyl (C=O) groups excluding carboxylic acids is 1. The molecule has 9 heteroatoms. The molecule has 0 N–H and O–H groups in total. The molecule has 1 amide bonds. The van der Waals surface area contributed by atoms with Crippen molar-refractivity contribution in [2.24, 2.45) is 12.5 Å². The van der Waals surface area contributed by atoms with E-state index in [4.69, 9.17) is 9.47 Å². The van der Waals surface area contributed by atoms with Gasteiger partial charge in [-0.3, -0.25) is 9.69 Å². The van der Waals surface area contributed by atoms with E-state index < -0.39 is 0 Å². The van der Waals surface area contributed by atoms with Crippen molar-refractivity contribution in [1.82, 2.24) is 24.6 Å². The van der Waals surface area contributed by atoms with Crippen LogP contribution in [-0.4, -0.2) is 69.9 Å². The van der Waals surface area contributed by atoms with Gasteiger partial charge in [-0.2, -0.15) is 0 Å². The van der Waals surface area contributed by atoms with Gasteiger partial charge >= 0.3 is 0 Å². The van der Waals surface area contributed by atoms with E-state index in [-0.39, 0.29) is 29.6 Å². The first-order chi connectivity index (χ1) is 13.5. The molecule has 0 radical (unpaired) electrons. The Morgan fingerprint density at radius 2 is 1.97 bits per heavy atom. The molecule has 3 aliphatic heterocycles. The fourth-order valence-electron chi connectivity index (χ4n) is 4.89. The lowest BCUT2D eigenvalue weighted by atomic mass is 9.71. The zero-order valence-electron chi connectivity index (χ0n) is 16.7. The summed E-state index contributed by atoms with van der Waals surface area (Å²) in [6.07, 6.45) is 1.74. The van der Waals surface area contributed by atoms with Gasteiger partial charge in [-0.25, -0.2) is 0 Å². The smallest absolute Gasteiger partial charge is 0.219 e. The number of carbonyl (C=O) groups is 1. The maximum atomic E-state index is 12.0. The topological polar surface area (TPSA) is 72.7 Å². The van der Waals surface area contributed by atoms with Gasteiger partial charge in [0, 0.05) is 58.0 Å². The van der Waals surface area contributed by atoms with Gasteiger partial charge < -0.3 is 18.9 Å². The Labute approximate surface area is 176 Å². The summed E-state index contributed by atoms with van der Waals surface area (Å²) >= 11 is 0. The average Bonchev–Trinajstić information content (AvgIpc) is 3.25. The summed E-state index contributed by atoms with van der Waals surface area (Å²) in [4.78, 5) is 16.4. The van der Waals surface area contributed by atoms with Gasteiger partial charge in [0.25, 0.3) is 0 Å². The van der Waals surface area contributed by atoms with Crippen LogP contribution in [0.3, 0.4) is 0 Å². The van der Waals surface area contributed by atoms with Crippen LogP contribution in [0.2, 0.25) is 0 Å². The molecule has 1 unspecified atom stereocenters. The predicted octanol–water partition coefficient (Wildman–Crippen LogP) is 1.46. The number of fused-ring (bicyclic) bond motifs is 1. The molecule has 4 heterocycles. The Hall–Kier alpha value is -2.32. The predicted molar refractivity (Wildman–Crippen MR) is 108 cm³/mol. The molecule has 1 aromatic carbocycles. The molecule has 0 bridgehead atoms. The molecular weight excluding hydrogens is 394 g/mol. The fraction of sp³-hybridized carbons (Fsp3) is 0.550. The first kappa shape index (κ1) is 20.0. The molecule has 8 nitrogen and oxygen atoms in total. The molecule has 0 saturated carbocycles. The van der Waals surface area contributed by atoms with Crippen LogP contribution < -0.4 is 9.47 Å². The van der Waals surface area contributed by atoms with E-state index in [2.05, 4.69) is 27.2 Å². The molecule has 3 aliphatic rings. The molecule has 1 aromatic heterocycles. The standard InChI is InChI=1S/C20H25N5O3.ClH/c1-14(26)25-9-16(19-22-21-13-23(19)2)20(12-25)10-24(11-20)8-15-3-4-17-18(7-15)28-6-5-27-17;/h3-4,7,13,16H,5-6,8-12H2,1-2H3;1H. The lowest BCUT2D eigenvalue weighted by Gasteiger charge is -2.50. The van der Waals surface area contributed by atoms with Crippen molar-refractivity contribution in [3.8, 4) is 11.5 Å². The van der Waals surface area contributed by atoms with E-state index in [1.807, 2.05) is 22.6 Å². The van der Waals surface area contributed by atoms with Gasteiger partial charge in [0.15, 0.2) is 11.5 Å². The van der Waals surface area contributed by atoms with Gasteiger partial charge in [-0.15, -0.1) is 22.6 Å². The first-order valence-electron chi connectivity index (χ1n) is 9.74. The number of aryl methyl sites for hydroxylation is 1. The van der Waals surface area contributed by atoms with Crippen LogP contribution in [0.1, 0.15) is 24.2 Å². The summed E-state index contributed by atoms with van der Waals surface area (Å²) < 4.78 is 13.3. The molecule has 156 valence electrons. The van der Waals surface area contributed by atoms with Crippen LogP contribution in [0, 0.1) is 5.41 Å². The van der Waals surface area contributed by atoms with Gasteiger partial charge in [0.2, 0.25) is 5.91 Å². The number of ether oxygens (including phenoxy) is 2. The molecule has 29 heavy (non-hydrogen) atoms. The number of hydrogen-bond acceptors (Lipinski definition) is 6. The number of benzene rings is 1. The third-order valence-corrected chi connectivity index (χ3v) is 6.24. The van der Waals surface area contributed by atoms with Crippen LogP contribution in [0.5, 0.6) is 11.5 Å².